The van der Waals surface area contributed by atoms with Crippen LogP contribution in [0.5, 0.6) is 0 Å². The van der Waals surface area contributed by atoms with Gasteiger partial charge in [0.05, 0.1) is 18.2 Å². The molecule has 3 rings (SSSR count). The molecular formula is C19H15BrN2O3. The number of halogens is 1. The molecule has 0 saturated carbocycles. The normalized spacial score (nSPS) is 13.2. The average Bonchev–Trinajstić information content (AvgIpc) is 3.04. The summed E-state index contributed by atoms with van der Waals surface area (Å²) < 4.78 is 6.02. The molecule has 6 heteroatoms. The molecule has 0 unspecified atom stereocenters. The largest absolute Gasteiger partial charge is 0.463 e. The van der Waals surface area contributed by atoms with Crippen LogP contribution in [0.3, 0.4) is 0 Å². The average molecular weight is 399 g/mol. The van der Waals surface area contributed by atoms with E-state index in [0.717, 1.165) is 9.99 Å². The number of hydrogen-bond donors (Lipinski definition) is 2. The standard InChI is InChI=1S/C19H15BrN2O3/c1-2-25-18(23)19(24,13-5-3-12(10-21)4-6-13)16-11-22-17-9-14(20)7-8-15(16)17/h3-9,11,22,24H,2H2,1H3/t19-/m1/s1. The number of H-pyrrole nitrogens is 1. The van der Waals surface area contributed by atoms with Crippen LogP contribution in [0.1, 0.15) is 23.6 Å². The summed E-state index contributed by atoms with van der Waals surface area (Å²) in [6.45, 7) is 1.83. The molecule has 2 aromatic carbocycles. The van der Waals surface area contributed by atoms with E-state index in [2.05, 4.69) is 20.9 Å². The molecule has 126 valence electrons. The smallest absolute Gasteiger partial charge is 0.347 e. The van der Waals surface area contributed by atoms with E-state index in [0.29, 0.717) is 22.1 Å². The maximum absolute atomic E-state index is 12.7. The van der Waals surface area contributed by atoms with Crippen LogP contribution in [0, 0.1) is 11.3 Å². The zero-order valence-electron chi connectivity index (χ0n) is 13.4. The lowest BCUT2D eigenvalue weighted by Crippen LogP contribution is -2.38. The summed E-state index contributed by atoms with van der Waals surface area (Å²) in [5.41, 5.74) is -0.0127. The number of aliphatic hydroxyl groups is 1. The molecule has 0 radical (unpaired) electrons. The molecule has 0 saturated heterocycles. The first-order valence-corrected chi connectivity index (χ1v) is 8.47. The molecule has 1 heterocycles. The fourth-order valence-electron chi connectivity index (χ4n) is 2.80. The van der Waals surface area contributed by atoms with Crippen molar-refractivity contribution >= 4 is 32.8 Å². The van der Waals surface area contributed by atoms with E-state index in [1.54, 1.807) is 37.4 Å². The van der Waals surface area contributed by atoms with Crippen LogP contribution in [0.25, 0.3) is 10.9 Å². The van der Waals surface area contributed by atoms with E-state index in [1.165, 1.54) is 0 Å². The third-order valence-electron chi connectivity index (χ3n) is 4.04. The van der Waals surface area contributed by atoms with Gasteiger partial charge in [0.15, 0.2) is 0 Å². The summed E-state index contributed by atoms with van der Waals surface area (Å²) in [5, 5.41) is 21.1. The van der Waals surface area contributed by atoms with Gasteiger partial charge in [0.25, 0.3) is 0 Å². The molecule has 0 fully saturated rings. The number of aromatic nitrogens is 1. The van der Waals surface area contributed by atoms with Crippen molar-refractivity contribution in [3.63, 3.8) is 0 Å². The monoisotopic (exact) mass is 398 g/mol. The summed E-state index contributed by atoms with van der Waals surface area (Å²) in [6, 6.07) is 13.8. The van der Waals surface area contributed by atoms with Crippen molar-refractivity contribution in [3.8, 4) is 6.07 Å². The molecule has 5 nitrogen and oxygen atoms in total. The number of carbonyl (C=O) groups is 1. The molecule has 0 bridgehead atoms. The van der Waals surface area contributed by atoms with Crippen LogP contribution in [-0.4, -0.2) is 22.7 Å². The Morgan fingerprint density at radius 1 is 1.32 bits per heavy atom. The summed E-state index contributed by atoms with van der Waals surface area (Å²) in [6.07, 6.45) is 1.60. The van der Waals surface area contributed by atoms with Gasteiger partial charge < -0.3 is 14.8 Å². The first-order chi connectivity index (χ1) is 12.0. The zero-order chi connectivity index (χ0) is 18.0. The SMILES string of the molecule is CCOC(=O)[C@@](O)(c1ccc(C#N)cc1)c1c[nH]c2cc(Br)ccc12. The Kier molecular flexibility index (Phi) is 4.62. The molecule has 25 heavy (non-hydrogen) atoms. The number of rotatable bonds is 4. The number of nitriles is 1. The number of benzene rings is 2. The van der Waals surface area contributed by atoms with Crippen LogP contribution in [0.15, 0.2) is 53.1 Å². The van der Waals surface area contributed by atoms with Gasteiger partial charge in [-0.3, -0.25) is 0 Å². The van der Waals surface area contributed by atoms with Gasteiger partial charge in [-0.05, 0) is 36.8 Å². The predicted molar refractivity (Wildman–Crippen MR) is 96.8 cm³/mol. The number of esters is 1. The van der Waals surface area contributed by atoms with Gasteiger partial charge in [0.2, 0.25) is 5.60 Å². The Labute approximate surface area is 153 Å². The lowest BCUT2D eigenvalue weighted by atomic mass is 9.85. The van der Waals surface area contributed by atoms with Crippen molar-refractivity contribution in [2.75, 3.05) is 6.61 Å². The number of nitrogens with zero attached hydrogens (tertiary/aromatic N) is 1. The molecule has 0 spiro atoms. The van der Waals surface area contributed by atoms with Crippen molar-refractivity contribution in [1.29, 1.82) is 5.26 Å². The summed E-state index contributed by atoms with van der Waals surface area (Å²) in [5.74, 6) is -0.761. The highest BCUT2D eigenvalue weighted by atomic mass is 79.9. The molecule has 1 aromatic heterocycles. The Bertz CT molecular complexity index is 972. The number of nitrogens with one attached hydrogen (secondary N) is 1. The maximum Gasteiger partial charge on any atom is 0.347 e. The molecule has 0 aliphatic rings. The second-order valence-corrected chi connectivity index (χ2v) is 6.43. The third kappa shape index (κ3) is 2.93. The molecular weight excluding hydrogens is 384 g/mol. The Balaban J connectivity index is 2.22. The van der Waals surface area contributed by atoms with Crippen molar-refractivity contribution < 1.29 is 14.6 Å². The Morgan fingerprint density at radius 3 is 2.68 bits per heavy atom. The van der Waals surface area contributed by atoms with Crippen molar-refractivity contribution in [1.82, 2.24) is 4.98 Å². The van der Waals surface area contributed by atoms with E-state index >= 15 is 0 Å². The van der Waals surface area contributed by atoms with E-state index < -0.39 is 11.6 Å². The predicted octanol–water partition coefficient (Wildman–Crippen LogP) is 3.60. The fraction of sp³-hybridized carbons (Fsp3) is 0.158. The third-order valence-corrected chi connectivity index (χ3v) is 4.53. The molecule has 0 aliphatic carbocycles. The molecule has 0 amide bonds. The Morgan fingerprint density at radius 2 is 2.04 bits per heavy atom. The van der Waals surface area contributed by atoms with Gasteiger partial charge in [0, 0.05) is 27.1 Å². The quantitative estimate of drug-likeness (QED) is 0.657. The second-order valence-electron chi connectivity index (χ2n) is 5.51. The van der Waals surface area contributed by atoms with Gasteiger partial charge in [-0.1, -0.05) is 34.1 Å². The van der Waals surface area contributed by atoms with Crippen molar-refractivity contribution in [2.24, 2.45) is 0 Å². The molecule has 0 aliphatic heterocycles. The summed E-state index contributed by atoms with van der Waals surface area (Å²) in [4.78, 5) is 15.7. The number of aromatic amines is 1. The lowest BCUT2D eigenvalue weighted by molar-refractivity contribution is -0.161. The van der Waals surface area contributed by atoms with Crippen LogP contribution < -0.4 is 0 Å². The van der Waals surface area contributed by atoms with Crippen molar-refractivity contribution in [2.45, 2.75) is 12.5 Å². The summed E-state index contributed by atoms with van der Waals surface area (Å²) in [7, 11) is 0. The first kappa shape index (κ1) is 17.2. The first-order valence-electron chi connectivity index (χ1n) is 7.68. The van der Waals surface area contributed by atoms with Gasteiger partial charge >= 0.3 is 5.97 Å². The fourth-order valence-corrected chi connectivity index (χ4v) is 3.16. The highest BCUT2D eigenvalue weighted by Gasteiger charge is 2.43. The maximum atomic E-state index is 12.7. The van der Waals surface area contributed by atoms with Crippen LogP contribution >= 0.6 is 15.9 Å². The number of ether oxygens (including phenoxy) is 1. The van der Waals surface area contributed by atoms with Crippen LogP contribution in [0.2, 0.25) is 0 Å². The van der Waals surface area contributed by atoms with Gasteiger partial charge in [0.1, 0.15) is 0 Å². The zero-order valence-corrected chi connectivity index (χ0v) is 15.0. The molecule has 1 atom stereocenters. The molecule has 2 N–H and O–H groups in total. The van der Waals surface area contributed by atoms with Crippen molar-refractivity contribution in [3.05, 3.63) is 69.8 Å². The van der Waals surface area contributed by atoms with E-state index in [1.807, 2.05) is 24.3 Å². The summed E-state index contributed by atoms with van der Waals surface area (Å²) >= 11 is 3.40. The van der Waals surface area contributed by atoms with Crippen LogP contribution in [-0.2, 0) is 15.1 Å². The number of carbonyl (C=O) groups excluding carboxylic acids is 1. The highest BCUT2D eigenvalue weighted by molar-refractivity contribution is 9.10. The highest BCUT2D eigenvalue weighted by Crippen LogP contribution is 2.36. The second kappa shape index (κ2) is 6.71. The number of fused-ring (bicyclic) bond motifs is 1. The number of hydrogen-bond acceptors (Lipinski definition) is 4. The van der Waals surface area contributed by atoms with E-state index in [-0.39, 0.29) is 6.61 Å². The topological polar surface area (TPSA) is 86.1 Å². The molecule has 3 aromatic rings. The minimum Gasteiger partial charge on any atom is -0.463 e. The van der Waals surface area contributed by atoms with Gasteiger partial charge in [-0.2, -0.15) is 5.26 Å². The van der Waals surface area contributed by atoms with E-state index in [4.69, 9.17) is 10.00 Å². The van der Waals surface area contributed by atoms with Crippen LogP contribution in [0.4, 0.5) is 0 Å². The van der Waals surface area contributed by atoms with Gasteiger partial charge in [-0.15, -0.1) is 0 Å². The van der Waals surface area contributed by atoms with Gasteiger partial charge in [-0.25, -0.2) is 4.79 Å². The van der Waals surface area contributed by atoms with E-state index in [9.17, 15) is 9.90 Å². The Hall–Kier alpha value is -2.62. The lowest BCUT2D eigenvalue weighted by Gasteiger charge is -2.26. The minimum atomic E-state index is -1.98. The minimum absolute atomic E-state index is 0.144.